The van der Waals surface area contributed by atoms with Crippen molar-refractivity contribution in [3.8, 4) is 0 Å². The van der Waals surface area contributed by atoms with Gasteiger partial charge in [-0.15, -0.1) is 16.5 Å². The Hall–Kier alpha value is -0.370. The van der Waals surface area contributed by atoms with E-state index >= 15 is 0 Å². The molecule has 3 rings (SSSR count). The smallest absolute Gasteiger partial charge is 0.290 e. The molecule has 2 saturated heterocycles. The third-order valence-corrected chi connectivity index (χ3v) is 8.75. The van der Waals surface area contributed by atoms with E-state index in [0.717, 1.165) is 25.4 Å². The van der Waals surface area contributed by atoms with Crippen LogP contribution in [0.4, 0.5) is 0 Å². The lowest BCUT2D eigenvalue weighted by molar-refractivity contribution is -0.203. The zero-order valence-electron chi connectivity index (χ0n) is 19.0. The molecule has 1 unspecified atom stereocenters. The Kier molecular flexibility index (Phi) is 11.2. The third-order valence-electron chi connectivity index (χ3n) is 5.78. The number of fused-ring (bicyclic) bond motifs is 2. The number of aliphatic hydroxyl groups is 3. The monoisotopic (exact) mass is 494 g/mol. The topological polar surface area (TPSA) is 146 Å². The highest BCUT2D eigenvalue weighted by atomic mass is 32.2. The summed E-state index contributed by atoms with van der Waals surface area (Å²) < 4.78 is 21.4. The van der Waals surface area contributed by atoms with Crippen LogP contribution in [-0.2, 0) is 20.9 Å². The van der Waals surface area contributed by atoms with Crippen LogP contribution in [-0.4, -0.2) is 102 Å². The van der Waals surface area contributed by atoms with Crippen molar-refractivity contribution in [2.75, 3.05) is 25.4 Å². The average molecular weight is 495 g/mol. The van der Waals surface area contributed by atoms with Gasteiger partial charge in [-0.3, -0.25) is 4.79 Å². The fourth-order valence-electron chi connectivity index (χ4n) is 4.01. The van der Waals surface area contributed by atoms with Crippen molar-refractivity contribution < 1.29 is 34.5 Å². The normalized spacial score (nSPS) is 38.3. The molecule has 0 spiro atoms. The highest BCUT2D eigenvalue weighted by molar-refractivity contribution is 7.99. The van der Waals surface area contributed by atoms with Gasteiger partial charge < -0.3 is 34.6 Å². The second kappa shape index (κ2) is 12.9. The first-order valence-corrected chi connectivity index (χ1v) is 13.2. The molecule has 0 saturated carbocycles. The van der Waals surface area contributed by atoms with Crippen LogP contribution in [0.15, 0.2) is 12.2 Å². The van der Waals surface area contributed by atoms with Crippen LogP contribution < -0.4 is 4.72 Å². The standard InChI is InChI=1S/C20H36N2O5S2.CH2O2/c1-20(2,3)29(26)21-14-8-6-7-13(11-22-9-4-5-10-22)12-28-19-17(25)15(23)16(24)18(14)27-19;2-1-3/h6-7,13-19,21,23-25H,4-5,8-12H2,1-3H3;1H,(H,2,3)/b7-6-;/t13-,14+,15-,16+,17+,18+,19+,29?;/m0./s1. The molecule has 32 heavy (non-hydrogen) atoms. The molecule has 0 amide bonds. The summed E-state index contributed by atoms with van der Waals surface area (Å²) in [6.45, 7) is 8.61. The lowest BCUT2D eigenvalue weighted by atomic mass is 9.93. The maximum atomic E-state index is 12.7. The Bertz CT molecular complexity index is 601. The summed E-state index contributed by atoms with van der Waals surface area (Å²) >= 11 is 0.133. The van der Waals surface area contributed by atoms with Crippen molar-refractivity contribution in [3.05, 3.63) is 12.2 Å². The Balaban J connectivity index is 0.00000114. The van der Waals surface area contributed by atoms with Gasteiger partial charge in [-0.05, 0) is 59.0 Å². The number of thioether (sulfide) groups is 1. The van der Waals surface area contributed by atoms with Crippen LogP contribution in [0.5, 0.6) is 0 Å². The van der Waals surface area contributed by atoms with E-state index in [4.69, 9.17) is 14.6 Å². The zero-order valence-corrected chi connectivity index (χ0v) is 20.6. The lowest BCUT2D eigenvalue weighted by Gasteiger charge is -2.44. The highest BCUT2D eigenvalue weighted by Crippen LogP contribution is 2.33. The molecule has 0 radical (unpaired) electrons. The van der Waals surface area contributed by atoms with Gasteiger partial charge in [-0.25, -0.2) is 0 Å². The van der Waals surface area contributed by atoms with E-state index in [1.54, 1.807) is 0 Å². The number of likely N-dealkylation sites (tertiary alicyclic amines) is 1. The molecule has 3 heterocycles. The van der Waals surface area contributed by atoms with Gasteiger partial charge in [0.1, 0.15) is 34.6 Å². The molecule has 11 heteroatoms. The minimum absolute atomic E-state index is 0.250. The van der Waals surface area contributed by atoms with Crippen molar-refractivity contribution in [2.24, 2.45) is 5.92 Å². The number of hydrogen-bond donors (Lipinski definition) is 5. The van der Waals surface area contributed by atoms with Gasteiger partial charge in [0.2, 0.25) is 0 Å². The molecule has 0 aromatic carbocycles. The number of nitrogens with one attached hydrogen (secondary N) is 1. The first-order valence-electron chi connectivity index (χ1n) is 11.0. The van der Waals surface area contributed by atoms with E-state index < -0.39 is 52.0 Å². The van der Waals surface area contributed by atoms with E-state index in [1.165, 1.54) is 24.6 Å². The van der Waals surface area contributed by atoms with E-state index in [0.29, 0.717) is 12.3 Å². The van der Waals surface area contributed by atoms with Gasteiger partial charge in [0.15, 0.2) is 0 Å². The first-order chi connectivity index (χ1) is 15.1. The van der Waals surface area contributed by atoms with Crippen LogP contribution in [0.25, 0.3) is 0 Å². The second-order valence-corrected chi connectivity index (χ2v) is 12.5. The molecule has 0 aromatic rings. The van der Waals surface area contributed by atoms with Crippen LogP contribution in [0.1, 0.15) is 40.0 Å². The molecule has 9 nitrogen and oxygen atoms in total. The van der Waals surface area contributed by atoms with E-state index in [2.05, 4.69) is 21.8 Å². The highest BCUT2D eigenvalue weighted by Gasteiger charge is 2.48. The van der Waals surface area contributed by atoms with Crippen molar-refractivity contribution in [1.82, 2.24) is 9.62 Å². The number of nitrogens with zero attached hydrogens (tertiary/aromatic N) is 1. The Morgan fingerprint density at radius 2 is 1.84 bits per heavy atom. The van der Waals surface area contributed by atoms with Crippen molar-refractivity contribution in [2.45, 2.75) is 80.7 Å². The maximum Gasteiger partial charge on any atom is 0.290 e. The molecule has 2 bridgehead atoms. The van der Waals surface area contributed by atoms with Crippen molar-refractivity contribution in [3.63, 3.8) is 0 Å². The summed E-state index contributed by atoms with van der Waals surface area (Å²) in [5, 5.41) is 38.3. The predicted molar refractivity (Wildman–Crippen MR) is 126 cm³/mol. The third kappa shape index (κ3) is 7.85. The molecule has 186 valence electrons. The Morgan fingerprint density at radius 1 is 1.22 bits per heavy atom. The van der Waals surface area contributed by atoms with Crippen molar-refractivity contribution in [1.29, 1.82) is 0 Å². The molecule has 2 fully saturated rings. The summed E-state index contributed by atoms with van der Waals surface area (Å²) in [4.78, 5) is 10.8. The Labute approximate surface area is 197 Å². The van der Waals surface area contributed by atoms with Crippen LogP contribution in [0.2, 0.25) is 0 Å². The quantitative estimate of drug-likeness (QED) is 0.210. The molecule has 3 aliphatic rings. The summed E-state index contributed by atoms with van der Waals surface area (Å²) in [5.41, 5.74) is -0.627. The van der Waals surface area contributed by atoms with Gasteiger partial charge >= 0.3 is 0 Å². The largest absolute Gasteiger partial charge is 0.598 e. The minimum Gasteiger partial charge on any atom is -0.598 e. The average Bonchev–Trinajstić information content (AvgIpc) is 3.23. The molecule has 3 aliphatic heterocycles. The molecular weight excluding hydrogens is 456 g/mol. The van der Waals surface area contributed by atoms with Crippen LogP contribution in [0.3, 0.4) is 0 Å². The lowest BCUT2D eigenvalue weighted by Crippen LogP contribution is -2.63. The van der Waals surface area contributed by atoms with Crippen LogP contribution >= 0.6 is 11.8 Å². The zero-order chi connectivity index (χ0) is 23.9. The molecule has 8 atom stereocenters. The number of rotatable bonds is 4. The Morgan fingerprint density at radius 3 is 2.44 bits per heavy atom. The number of hydrogen-bond acceptors (Lipinski definition) is 9. The number of carboxylic acid groups (broad SMARTS) is 1. The maximum absolute atomic E-state index is 12.7. The van der Waals surface area contributed by atoms with Gasteiger partial charge in [0.25, 0.3) is 6.47 Å². The van der Waals surface area contributed by atoms with Gasteiger partial charge in [-0.2, -0.15) is 0 Å². The number of aliphatic hydroxyl groups excluding tert-OH is 3. The fourth-order valence-corrected chi connectivity index (χ4v) is 6.09. The summed E-state index contributed by atoms with van der Waals surface area (Å²) in [5.74, 6) is 1.08. The van der Waals surface area contributed by atoms with E-state index in [-0.39, 0.29) is 6.47 Å². The van der Waals surface area contributed by atoms with Gasteiger partial charge in [-0.1, -0.05) is 12.2 Å². The fraction of sp³-hybridized carbons (Fsp3) is 0.857. The van der Waals surface area contributed by atoms with Gasteiger partial charge in [0, 0.05) is 23.7 Å². The van der Waals surface area contributed by atoms with Crippen LogP contribution in [0, 0.1) is 5.92 Å². The predicted octanol–water partition coefficient (Wildman–Crippen LogP) is 0.320. The molecule has 0 aliphatic carbocycles. The molecule has 5 N–H and O–H groups in total. The van der Waals surface area contributed by atoms with E-state index in [9.17, 15) is 19.9 Å². The second-order valence-electron chi connectivity index (χ2n) is 9.42. The summed E-state index contributed by atoms with van der Waals surface area (Å²) in [6, 6.07) is -0.433. The molecular formula is C21H38N2O7S2. The summed E-state index contributed by atoms with van der Waals surface area (Å²) in [6.07, 6.45) is 2.84. The first kappa shape index (κ1) is 27.9. The minimum atomic E-state index is -1.35. The van der Waals surface area contributed by atoms with E-state index in [1.807, 2.05) is 20.8 Å². The van der Waals surface area contributed by atoms with Crippen molar-refractivity contribution >= 4 is 29.6 Å². The van der Waals surface area contributed by atoms with Gasteiger partial charge in [0.05, 0.1) is 6.04 Å². The SMILES string of the molecule is CC(C)(C)[S+]([O-])N[C@@H]1C/C=C\[C@@H](CN2CCCC2)CS[C@H]2O[C@H]1[C@H](O)[C@H](O)[C@H]2O.O=CO. The summed E-state index contributed by atoms with van der Waals surface area (Å²) in [7, 11) is 0. The molecule has 0 aromatic heterocycles. The number of carbonyl (C=O) groups is 1. The number of ether oxygens (including phenoxy) is 1.